The Morgan fingerprint density at radius 1 is 1.55 bits per heavy atom. The normalized spacial score (nSPS) is 9.55. The summed E-state index contributed by atoms with van der Waals surface area (Å²) in [5, 5.41) is 0.330. The van der Waals surface area contributed by atoms with Crippen molar-refractivity contribution in [2.75, 3.05) is 5.75 Å². The van der Waals surface area contributed by atoms with Crippen LogP contribution in [0, 0.1) is 0 Å². The van der Waals surface area contributed by atoms with Gasteiger partial charge in [-0.05, 0) is 25.0 Å². The Kier molecular flexibility index (Phi) is 7.69. The molecule has 0 rings (SSSR count). The second-order valence-corrected chi connectivity index (χ2v) is 3.66. The van der Waals surface area contributed by atoms with Crippen molar-refractivity contribution in [2.24, 2.45) is 0 Å². The zero-order chi connectivity index (χ0) is 8.53. The highest BCUT2D eigenvalue weighted by molar-refractivity contribution is 8.13. The van der Waals surface area contributed by atoms with E-state index in [-0.39, 0.29) is 0 Å². The standard InChI is InChI=1S/C9H16OS/c1-3-5-6-7-8-9(10)11-4-2/h3H,1,4-8H2,2H3. The number of carbonyl (C=O) groups is 1. The lowest BCUT2D eigenvalue weighted by Crippen LogP contribution is -1.91. The van der Waals surface area contributed by atoms with Crippen LogP contribution in [0.5, 0.6) is 0 Å². The van der Waals surface area contributed by atoms with Gasteiger partial charge in [-0.2, -0.15) is 0 Å². The monoisotopic (exact) mass is 172 g/mol. The molecular formula is C9H16OS. The Morgan fingerprint density at radius 2 is 2.27 bits per heavy atom. The minimum Gasteiger partial charge on any atom is -0.287 e. The van der Waals surface area contributed by atoms with E-state index in [1.165, 1.54) is 11.8 Å². The molecule has 0 aromatic heterocycles. The first kappa shape index (κ1) is 10.8. The summed E-state index contributed by atoms with van der Waals surface area (Å²) in [6.07, 6.45) is 5.77. The Morgan fingerprint density at radius 3 is 2.82 bits per heavy atom. The van der Waals surface area contributed by atoms with Gasteiger partial charge in [0.05, 0.1) is 0 Å². The number of hydrogen-bond acceptors (Lipinski definition) is 2. The smallest absolute Gasteiger partial charge is 0.188 e. The predicted octanol–water partition coefficient (Wildman–Crippen LogP) is 3.01. The molecule has 11 heavy (non-hydrogen) atoms. The van der Waals surface area contributed by atoms with Crippen LogP contribution in [0.2, 0.25) is 0 Å². The van der Waals surface area contributed by atoms with Gasteiger partial charge in [0.2, 0.25) is 0 Å². The van der Waals surface area contributed by atoms with Crippen molar-refractivity contribution in [3.8, 4) is 0 Å². The molecule has 2 heteroatoms. The van der Waals surface area contributed by atoms with Crippen molar-refractivity contribution in [3.05, 3.63) is 12.7 Å². The predicted molar refractivity (Wildman–Crippen MR) is 51.8 cm³/mol. The van der Waals surface area contributed by atoms with Gasteiger partial charge in [0.15, 0.2) is 5.12 Å². The lowest BCUT2D eigenvalue weighted by Gasteiger charge is -1.96. The van der Waals surface area contributed by atoms with Crippen LogP contribution in [0.15, 0.2) is 12.7 Å². The van der Waals surface area contributed by atoms with E-state index in [9.17, 15) is 4.79 Å². The molecule has 0 aromatic rings. The SMILES string of the molecule is C=CCCCCC(=O)SCC. The van der Waals surface area contributed by atoms with Crippen LogP contribution >= 0.6 is 11.8 Å². The van der Waals surface area contributed by atoms with Gasteiger partial charge < -0.3 is 0 Å². The van der Waals surface area contributed by atoms with E-state index < -0.39 is 0 Å². The Balaban J connectivity index is 3.10. The number of thioether (sulfide) groups is 1. The second kappa shape index (κ2) is 7.86. The first-order valence-electron chi connectivity index (χ1n) is 4.07. The van der Waals surface area contributed by atoms with Crippen molar-refractivity contribution >= 4 is 16.9 Å². The van der Waals surface area contributed by atoms with Crippen LogP contribution in [0.4, 0.5) is 0 Å². The third-order valence-electron chi connectivity index (χ3n) is 1.34. The largest absolute Gasteiger partial charge is 0.287 e. The maximum Gasteiger partial charge on any atom is 0.188 e. The Hall–Kier alpha value is -0.240. The third kappa shape index (κ3) is 7.66. The second-order valence-electron chi connectivity index (χ2n) is 2.34. The van der Waals surface area contributed by atoms with E-state index in [4.69, 9.17) is 0 Å². The molecule has 0 radical (unpaired) electrons. The van der Waals surface area contributed by atoms with Crippen molar-refractivity contribution in [3.63, 3.8) is 0 Å². The van der Waals surface area contributed by atoms with E-state index in [1.54, 1.807) is 0 Å². The topological polar surface area (TPSA) is 17.1 Å². The molecule has 1 nitrogen and oxygen atoms in total. The quantitative estimate of drug-likeness (QED) is 0.452. The minimum absolute atomic E-state index is 0.330. The van der Waals surface area contributed by atoms with E-state index in [1.807, 2.05) is 13.0 Å². The highest BCUT2D eigenvalue weighted by atomic mass is 32.2. The fraction of sp³-hybridized carbons (Fsp3) is 0.667. The first-order valence-corrected chi connectivity index (χ1v) is 5.06. The molecule has 0 spiro atoms. The third-order valence-corrected chi connectivity index (χ3v) is 2.16. The molecule has 0 unspecified atom stereocenters. The van der Waals surface area contributed by atoms with Crippen LogP contribution in [0.25, 0.3) is 0 Å². The number of allylic oxidation sites excluding steroid dienone is 1. The molecule has 0 aliphatic heterocycles. The van der Waals surface area contributed by atoms with Gasteiger partial charge in [-0.15, -0.1) is 6.58 Å². The van der Waals surface area contributed by atoms with Crippen LogP contribution in [-0.4, -0.2) is 10.9 Å². The number of carbonyl (C=O) groups excluding carboxylic acids is 1. The van der Waals surface area contributed by atoms with E-state index in [0.717, 1.165) is 31.4 Å². The summed E-state index contributed by atoms with van der Waals surface area (Å²) >= 11 is 1.42. The molecule has 0 aliphatic carbocycles. The van der Waals surface area contributed by atoms with E-state index >= 15 is 0 Å². The van der Waals surface area contributed by atoms with Crippen LogP contribution < -0.4 is 0 Å². The van der Waals surface area contributed by atoms with Crippen molar-refractivity contribution in [2.45, 2.75) is 32.6 Å². The average Bonchev–Trinajstić information content (AvgIpc) is 1.99. The molecule has 64 valence electrons. The molecule has 0 saturated heterocycles. The fourth-order valence-corrected chi connectivity index (χ4v) is 1.40. The number of unbranched alkanes of at least 4 members (excludes halogenated alkanes) is 2. The fourth-order valence-electron chi connectivity index (χ4n) is 0.791. The molecule has 0 atom stereocenters. The molecule has 0 heterocycles. The van der Waals surface area contributed by atoms with Crippen molar-refractivity contribution in [1.82, 2.24) is 0 Å². The summed E-state index contributed by atoms with van der Waals surface area (Å²) in [6, 6.07) is 0. The van der Waals surface area contributed by atoms with Gasteiger partial charge in [-0.3, -0.25) is 4.79 Å². The molecular weight excluding hydrogens is 156 g/mol. The summed E-state index contributed by atoms with van der Waals surface area (Å²) in [4.78, 5) is 10.9. The zero-order valence-electron chi connectivity index (χ0n) is 7.14. The number of hydrogen-bond donors (Lipinski definition) is 0. The average molecular weight is 172 g/mol. The molecule has 0 aliphatic rings. The summed E-state index contributed by atoms with van der Waals surface area (Å²) in [6.45, 7) is 5.63. The van der Waals surface area contributed by atoms with Crippen LogP contribution in [0.1, 0.15) is 32.6 Å². The lowest BCUT2D eigenvalue weighted by atomic mass is 10.2. The van der Waals surface area contributed by atoms with Gasteiger partial charge >= 0.3 is 0 Å². The molecule has 0 amide bonds. The molecule has 0 aromatic carbocycles. The summed E-state index contributed by atoms with van der Waals surface area (Å²) in [5.74, 6) is 0.903. The van der Waals surface area contributed by atoms with E-state index in [0.29, 0.717) is 5.12 Å². The molecule has 0 N–H and O–H groups in total. The van der Waals surface area contributed by atoms with E-state index in [2.05, 4.69) is 6.58 Å². The van der Waals surface area contributed by atoms with Crippen molar-refractivity contribution in [1.29, 1.82) is 0 Å². The zero-order valence-corrected chi connectivity index (χ0v) is 7.95. The van der Waals surface area contributed by atoms with Gasteiger partial charge in [-0.1, -0.05) is 24.8 Å². The lowest BCUT2D eigenvalue weighted by molar-refractivity contribution is -0.111. The Bertz CT molecular complexity index is 121. The molecule has 0 saturated carbocycles. The van der Waals surface area contributed by atoms with Gasteiger partial charge in [-0.25, -0.2) is 0 Å². The van der Waals surface area contributed by atoms with Gasteiger partial charge in [0.25, 0.3) is 0 Å². The van der Waals surface area contributed by atoms with Gasteiger partial charge in [0, 0.05) is 6.42 Å². The summed E-state index contributed by atoms with van der Waals surface area (Å²) in [5.41, 5.74) is 0. The Labute approximate surface area is 73.3 Å². The molecule has 0 fully saturated rings. The highest BCUT2D eigenvalue weighted by Gasteiger charge is 1.98. The summed E-state index contributed by atoms with van der Waals surface area (Å²) in [7, 11) is 0. The molecule has 0 bridgehead atoms. The summed E-state index contributed by atoms with van der Waals surface area (Å²) < 4.78 is 0. The maximum absolute atomic E-state index is 10.9. The minimum atomic E-state index is 0.330. The van der Waals surface area contributed by atoms with Crippen molar-refractivity contribution < 1.29 is 4.79 Å². The van der Waals surface area contributed by atoms with Crippen LogP contribution in [0.3, 0.4) is 0 Å². The number of rotatable bonds is 6. The van der Waals surface area contributed by atoms with Gasteiger partial charge in [0.1, 0.15) is 0 Å². The van der Waals surface area contributed by atoms with Crippen LogP contribution in [-0.2, 0) is 4.79 Å². The maximum atomic E-state index is 10.9. The first-order chi connectivity index (χ1) is 5.31. The highest BCUT2D eigenvalue weighted by Crippen LogP contribution is 2.09.